The normalized spacial score (nSPS) is 19.2. The molecule has 0 radical (unpaired) electrons. The summed E-state index contributed by atoms with van der Waals surface area (Å²) in [7, 11) is 0. The Bertz CT molecular complexity index is 416. The van der Waals surface area contributed by atoms with Gasteiger partial charge in [0.1, 0.15) is 0 Å². The van der Waals surface area contributed by atoms with E-state index in [1.807, 2.05) is 0 Å². The van der Waals surface area contributed by atoms with Crippen molar-refractivity contribution in [2.75, 3.05) is 0 Å². The predicted octanol–water partition coefficient (Wildman–Crippen LogP) is 3.29. The number of hydrogen-bond acceptors (Lipinski definition) is 1. The lowest BCUT2D eigenvalue weighted by Gasteiger charge is -2.20. The molecule has 2 rings (SSSR count). The van der Waals surface area contributed by atoms with Crippen LogP contribution in [0.2, 0.25) is 0 Å². The molecule has 0 aliphatic heterocycles. The van der Waals surface area contributed by atoms with Crippen molar-refractivity contribution >= 4 is 0 Å². The standard InChI is InChI=1S/C11H10F5N/c12-10(13,11(14,15)16)8-3-1-7(2-4-8)9(17)5-6-9/h1-4H,5-6,17H2. The zero-order valence-electron chi connectivity index (χ0n) is 8.69. The van der Waals surface area contributed by atoms with Crippen molar-refractivity contribution in [1.82, 2.24) is 0 Å². The summed E-state index contributed by atoms with van der Waals surface area (Å²) in [5, 5.41) is 0. The maximum atomic E-state index is 13.0. The summed E-state index contributed by atoms with van der Waals surface area (Å²) in [4.78, 5) is 0. The molecular formula is C11H10F5N. The smallest absolute Gasteiger partial charge is 0.321 e. The molecule has 94 valence electrons. The van der Waals surface area contributed by atoms with Gasteiger partial charge in [0.15, 0.2) is 0 Å². The Balaban J connectivity index is 2.29. The van der Waals surface area contributed by atoms with Gasteiger partial charge in [-0.3, -0.25) is 0 Å². The maximum Gasteiger partial charge on any atom is 0.458 e. The molecule has 0 amide bonds. The highest BCUT2D eigenvalue weighted by Gasteiger charge is 2.58. The molecule has 1 aliphatic rings. The van der Waals surface area contributed by atoms with E-state index in [-0.39, 0.29) is 0 Å². The van der Waals surface area contributed by atoms with E-state index in [9.17, 15) is 22.0 Å². The molecule has 17 heavy (non-hydrogen) atoms. The van der Waals surface area contributed by atoms with Crippen LogP contribution in [-0.4, -0.2) is 6.18 Å². The van der Waals surface area contributed by atoms with Crippen LogP contribution >= 0.6 is 0 Å². The van der Waals surface area contributed by atoms with Crippen LogP contribution < -0.4 is 5.73 Å². The number of hydrogen-bond donors (Lipinski definition) is 1. The first kappa shape index (κ1) is 12.3. The van der Waals surface area contributed by atoms with Gasteiger partial charge in [0.05, 0.1) is 0 Å². The van der Waals surface area contributed by atoms with Crippen LogP contribution in [0.3, 0.4) is 0 Å². The first-order valence-electron chi connectivity index (χ1n) is 5.01. The lowest BCUT2D eigenvalue weighted by atomic mass is 10.0. The molecule has 1 aromatic carbocycles. The van der Waals surface area contributed by atoms with Crippen molar-refractivity contribution < 1.29 is 22.0 Å². The van der Waals surface area contributed by atoms with E-state index in [4.69, 9.17) is 5.73 Å². The van der Waals surface area contributed by atoms with E-state index in [1.54, 1.807) is 0 Å². The monoisotopic (exact) mass is 251 g/mol. The van der Waals surface area contributed by atoms with Gasteiger partial charge in [-0.1, -0.05) is 24.3 Å². The molecule has 0 aromatic heterocycles. The zero-order valence-corrected chi connectivity index (χ0v) is 8.69. The van der Waals surface area contributed by atoms with Gasteiger partial charge >= 0.3 is 12.1 Å². The Morgan fingerprint density at radius 3 is 1.76 bits per heavy atom. The topological polar surface area (TPSA) is 26.0 Å². The highest BCUT2D eigenvalue weighted by Crippen LogP contribution is 2.46. The quantitative estimate of drug-likeness (QED) is 0.802. The number of alkyl halides is 5. The number of benzene rings is 1. The summed E-state index contributed by atoms with van der Waals surface area (Å²) in [5.74, 6) is -4.82. The fourth-order valence-corrected chi connectivity index (χ4v) is 1.60. The molecule has 0 spiro atoms. The molecule has 1 aromatic rings. The lowest BCUT2D eigenvalue weighted by Crippen LogP contribution is -2.33. The molecule has 0 atom stereocenters. The third-order valence-corrected chi connectivity index (χ3v) is 2.97. The average Bonchev–Trinajstić information content (AvgIpc) is 2.96. The lowest BCUT2D eigenvalue weighted by molar-refractivity contribution is -0.289. The van der Waals surface area contributed by atoms with Crippen LogP contribution in [0, 0.1) is 0 Å². The zero-order chi connectivity index (χ0) is 12.9. The second-order valence-electron chi connectivity index (χ2n) is 4.31. The Hall–Kier alpha value is -1.17. The maximum absolute atomic E-state index is 13.0. The third kappa shape index (κ3) is 2.01. The third-order valence-electron chi connectivity index (χ3n) is 2.97. The van der Waals surface area contributed by atoms with Gasteiger partial charge in [-0.15, -0.1) is 0 Å². The van der Waals surface area contributed by atoms with Crippen LogP contribution in [-0.2, 0) is 11.5 Å². The first-order chi connectivity index (χ1) is 7.67. The number of nitrogens with two attached hydrogens (primary N) is 1. The molecule has 1 fully saturated rings. The first-order valence-corrected chi connectivity index (χ1v) is 5.01. The molecule has 1 saturated carbocycles. The van der Waals surface area contributed by atoms with Crippen molar-refractivity contribution in [1.29, 1.82) is 0 Å². The van der Waals surface area contributed by atoms with Crippen molar-refractivity contribution in [3.8, 4) is 0 Å². The summed E-state index contributed by atoms with van der Waals surface area (Å²) >= 11 is 0. The van der Waals surface area contributed by atoms with Crippen molar-refractivity contribution in [2.24, 2.45) is 5.73 Å². The van der Waals surface area contributed by atoms with Gasteiger partial charge in [0, 0.05) is 11.1 Å². The van der Waals surface area contributed by atoms with E-state index >= 15 is 0 Å². The molecule has 1 aliphatic carbocycles. The van der Waals surface area contributed by atoms with Crippen LogP contribution in [0.25, 0.3) is 0 Å². The van der Waals surface area contributed by atoms with E-state index < -0.39 is 23.2 Å². The van der Waals surface area contributed by atoms with Gasteiger partial charge in [-0.2, -0.15) is 22.0 Å². The molecular weight excluding hydrogens is 241 g/mol. The molecule has 6 heteroatoms. The molecule has 0 unspecified atom stereocenters. The Morgan fingerprint density at radius 1 is 0.941 bits per heavy atom. The van der Waals surface area contributed by atoms with Crippen LogP contribution in [0.15, 0.2) is 24.3 Å². The number of rotatable bonds is 2. The Labute approximate surface area is 94.4 Å². The fraction of sp³-hybridized carbons (Fsp3) is 0.455. The van der Waals surface area contributed by atoms with Crippen LogP contribution in [0.1, 0.15) is 24.0 Å². The highest BCUT2D eigenvalue weighted by atomic mass is 19.4. The van der Waals surface area contributed by atoms with Gasteiger partial charge in [-0.25, -0.2) is 0 Å². The summed E-state index contributed by atoms with van der Waals surface area (Å²) < 4.78 is 62.2. The average molecular weight is 251 g/mol. The van der Waals surface area contributed by atoms with Gasteiger partial charge in [0.2, 0.25) is 0 Å². The van der Waals surface area contributed by atoms with E-state index in [2.05, 4.69) is 0 Å². The summed E-state index contributed by atoms with van der Waals surface area (Å²) in [6.45, 7) is 0. The van der Waals surface area contributed by atoms with Gasteiger partial charge in [0.25, 0.3) is 0 Å². The van der Waals surface area contributed by atoms with Crippen LogP contribution in [0.5, 0.6) is 0 Å². The predicted molar refractivity (Wildman–Crippen MR) is 51.5 cm³/mol. The van der Waals surface area contributed by atoms with Crippen molar-refractivity contribution in [3.63, 3.8) is 0 Å². The second-order valence-corrected chi connectivity index (χ2v) is 4.31. The molecule has 0 heterocycles. The molecule has 0 bridgehead atoms. The Kier molecular flexibility index (Phi) is 2.47. The van der Waals surface area contributed by atoms with E-state index in [0.29, 0.717) is 5.56 Å². The summed E-state index contributed by atoms with van der Waals surface area (Å²) in [6, 6.07) is 4.05. The minimum absolute atomic E-state index is 0.536. The highest BCUT2D eigenvalue weighted by molar-refractivity contribution is 5.34. The SMILES string of the molecule is NC1(c2ccc(C(F)(F)C(F)(F)F)cc2)CC1. The van der Waals surface area contributed by atoms with E-state index in [1.165, 1.54) is 12.1 Å². The molecule has 1 nitrogen and oxygen atoms in total. The minimum Gasteiger partial charge on any atom is -0.321 e. The van der Waals surface area contributed by atoms with Crippen LogP contribution in [0.4, 0.5) is 22.0 Å². The summed E-state index contributed by atoms with van der Waals surface area (Å²) in [6.07, 6.45) is -4.13. The summed E-state index contributed by atoms with van der Waals surface area (Å²) in [5.41, 5.74) is 4.81. The Morgan fingerprint density at radius 2 is 1.41 bits per heavy atom. The van der Waals surface area contributed by atoms with Crippen molar-refractivity contribution in [2.45, 2.75) is 30.5 Å². The molecule has 0 saturated heterocycles. The number of halogens is 5. The van der Waals surface area contributed by atoms with Gasteiger partial charge < -0.3 is 5.73 Å². The molecule has 2 N–H and O–H groups in total. The minimum atomic E-state index is -5.57. The largest absolute Gasteiger partial charge is 0.458 e. The van der Waals surface area contributed by atoms with Crippen molar-refractivity contribution in [3.05, 3.63) is 35.4 Å². The van der Waals surface area contributed by atoms with E-state index in [0.717, 1.165) is 25.0 Å². The second kappa shape index (κ2) is 3.41. The fourth-order valence-electron chi connectivity index (χ4n) is 1.60. The van der Waals surface area contributed by atoms with Gasteiger partial charge in [-0.05, 0) is 18.4 Å².